The molecule has 0 saturated heterocycles. The summed E-state index contributed by atoms with van der Waals surface area (Å²) in [7, 11) is -2.18. The molecule has 9 nitrogen and oxygen atoms in total. The van der Waals surface area contributed by atoms with Crippen LogP contribution in [0.2, 0.25) is 0 Å². The molecule has 0 aromatic heterocycles. The van der Waals surface area contributed by atoms with Gasteiger partial charge in [0.05, 0.1) is 35.3 Å². The van der Waals surface area contributed by atoms with Crippen LogP contribution < -0.4 is 14.8 Å². The molecule has 39 heavy (non-hydrogen) atoms. The normalized spacial score (nSPS) is 22.4. The molecular weight excluding hydrogens is 525 g/mol. The summed E-state index contributed by atoms with van der Waals surface area (Å²) in [6, 6.07) is 8.52. The number of nitrogens with one attached hydrogen (secondary N) is 2. The third kappa shape index (κ3) is 8.38. The summed E-state index contributed by atoms with van der Waals surface area (Å²) in [6.45, 7) is 6.96. The molecule has 2 aromatic rings. The van der Waals surface area contributed by atoms with Gasteiger partial charge in [0.25, 0.3) is 15.9 Å². The van der Waals surface area contributed by atoms with Crippen molar-refractivity contribution in [1.82, 2.24) is 10.2 Å². The highest BCUT2D eigenvalue weighted by Gasteiger charge is 2.30. The van der Waals surface area contributed by atoms with E-state index in [0.717, 1.165) is 31.4 Å². The fourth-order valence-electron chi connectivity index (χ4n) is 4.51. The number of likely N-dealkylation sites (N-methyl/N-ethyl adjacent to an activating group) is 1. The molecule has 3 N–H and O–H groups in total. The van der Waals surface area contributed by atoms with Gasteiger partial charge in [0.1, 0.15) is 11.6 Å². The van der Waals surface area contributed by atoms with Crippen molar-refractivity contribution in [3.8, 4) is 5.75 Å². The Morgan fingerprint density at radius 2 is 1.87 bits per heavy atom. The number of rotatable bonds is 7. The number of amides is 1. The van der Waals surface area contributed by atoms with Gasteiger partial charge >= 0.3 is 0 Å². The van der Waals surface area contributed by atoms with Crippen LogP contribution in [0.25, 0.3) is 0 Å². The Balaban J connectivity index is 2.02. The monoisotopic (exact) mass is 565 g/mol. The molecule has 1 amide bonds. The molecular formula is C28H40FN3O6S. The lowest BCUT2D eigenvalue weighted by molar-refractivity contribution is -0.000450. The van der Waals surface area contributed by atoms with E-state index in [1.165, 1.54) is 24.3 Å². The molecule has 216 valence electrons. The molecule has 3 rings (SSSR count). The van der Waals surface area contributed by atoms with E-state index >= 15 is 0 Å². The molecule has 0 unspecified atom stereocenters. The van der Waals surface area contributed by atoms with Crippen LogP contribution in [-0.2, 0) is 14.8 Å². The minimum absolute atomic E-state index is 0.0539. The zero-order chi connectivity index (χ0) is 28.6. The van der Waals surface area contributed by atoms with E-state index in [-0.39, 0.29) is 40.9 Å². The number of anilines is 1. The second-order valence-corrected chi connectivity index (χ2v) is 11.8. The Kier molecular flexibility index (Phi) is 11.1. The Hall–Kier alpha value is -2.73. The van der Waals surface area contributed by atoms with Crippen LogP contribution >= 0.6 is 0 Å². The minimum atomic E-state index is -4.04. The smallest absolute Gasteiger partial charge is 0.261 e. The van der Waals surface area contributed by atoms with Crippen molar-refractivity contribution >= 4 is 21.6 Å². The number of aliphatic hydroxyl groups is 1. The van der Waals surface area contributed by atoms with Crippen molar-refractivity contribution in [2.75, 3.05) is 38.1 Å². The van der Waals surface area contributed by atoms with Crippen LogP contribution in [0.15, 0.2) is 47.4 Å². The summed E-state index contributed by atoms with van der Waals surface area (Å²) >= 11 is 0. The van der Waals surface area contributed by atoms with Gasteiger partial charge in [-0.2, -0.15) is 0 Å². The van der Waals surface area contributed by atoms with E-state index in [2.05, 4.69) is 10.0 Å². The molecule has 0 aliphatic carbocycles. The van der Waals surface area contributed by atoms with E-state index in [1.54, 1.807) is 17.9 Å². The molecule has 1 heterocycles. The average Bonchev–Trinajstić information content (AvgIpc) is 2.90. The van der Waals surface area contributed by atoms with Crippen LogP contribution in [0, 0.1) is 11.7 Å². The van der Waals surface area contributed by atoms with Crippen molar-refractivity contribution in [2.45, 2.75) is 63.2 Å². The predicted octanol–water partition coefficient (Wildman–Crippen LogP) is 3.64. The zero-order valence-corrected chi connectivity index (χ0v) is 23.8. The Morgan fingerprint density at radius 3 is 2.54 bits per heavy atom. The highest BCUT2D eigenvalue weighted by molar-refractivity contribution is 7.92. The first-order valence-electron chi connectivity index (χ1n) is 13.3. The van der Waals surface area contributed by atoms with Gasteiger partial charge in [0, 0.05) is 31.3 Å². The van der Waals surface area contributed by atoms with E-state index in [9.17, 15) is 22.7 Å². The number of nitrogens with zero attached hydrogens (tertiary/aromatic N) is 1. The van der Waals surface area contributed by atoms with E-state index in [1.807, 2.05) is 20.9 Å². The van der Waals surface area contributed by atoms with E-state index in [0.29, 0.717) is 25.4 Å². The van der Waals surface area contributed by atoms with Crippen LogP contribution in [0.1, 0.15) is 50.4 Å². The maximum Gasteiger partial charge on any atom is 0.261 e. The van der Waals surface area contributed by atoms with Crippen molar-refractivity contribution in [3.05, 3.63) is 53.8 Å². The summed E-state index contributed by atoms with van der Waals surface area (Å²) in [5, 5.41) is 13.1. The van der Waals surface area contributed by atoms with E-state index < -0.39 is 27.8 Å². The highest BCUT2D eigenvalue weighted by atomic mass is 32.2. The van der Waals surface area contributed by atoms with Crippen LogP contribution in [0.4, 0.5) is 10.1 Å². The number of benzene rings is 2. The number of aliphatic hydroxyl groups excluding tert-OH is 1. The second-order valence-electron chi connectivity index (χ2n) is 10.1. The number of fused-ring (bicyclic) bond motifs is 1. The third-order valence-electron chi connectivity index (χ3n) is 6.83. The number of ether oxygens (including phenoxy) is 2. The number of halogens is 1. The molecule has 1 aliphatic rings. The van der Waals surface area contributed by atoms with Crippen molar-refractivity contribution in [2.24, 2.45) is 5.92 Å². The summed E-state index contributed by atoms with van der Waals surface area (Å²) < 4.78 is 54.0. The van der Waals surface area contributed by atoms with Gasteiger partial charge in [0.15, 0.2) is 0 Å². The average molecular weight is 566 g/mol. The minimum Gasteiger partial charge on any atom is -0.490 e. The molecule has 2 aromatic carbocycles. The SMILES string of the molecule is CNC[C@@H]1OCCCC[C@H](C)Oc2ccc(NS(=O)(=O)c3ccc(F)cc3)cc2C(=O)N([C@@H](C)CO)C[C@@H]1C. The number of carbonyl (C=O) groups is 1. The first-order chi connectivity index (χ1) is 18.6. The molecule has 0 saturated carbocycles. The van der Waals surface area contributed by atoms with Gasteiger partial charge in [0.2, 0.25) is 0 Å². The summed E-state index contributed by atoms with van der Waals surface area (Å²) in [5.74, 6) is -0.664. The zero-order valence-electron chi connectivity index (χ0n) is 23.0. The lowest BCUT2D eigenvalue weighted by Crippen LogP contribution is -2.47. The fraction of sp³-hybridized carbons (Fsp3) is 0.536. The number of sulfonamides is 1. The van der Waals surface area contributed by atoms with Gasteiger partial charge in [-0.3, -0.25) is 9.52 Å². The Bertz CT molecular complexity index is 1190. The molecule has 0 fully saturated rings. The van der Waals surface area contributed by atoms with Crippen molar-refractivity contribution in [3.63, 3.8) is 0 Å². The van der Waals surface area contributed by atoms with Crippen molar-refractivity contribution < 1.29 is 32.2 Å². The lowest BCUT2D eigenvalue weighted by Gasteiger charge is -2.34. The maximum atomic E-state index is 14.0. The molecule has 4 atom stereocenters. The number of hydrogen-bond donors (Lipinski definition) is 3. The number of hydrogen-bond acceptors (Lipinski definition) is 7. The molecule has 11 heteroatoms. The standard InChI is InChI=1S/C28H40FN3O6S/c1-19-17-32(20(2)18-33)28(34)25-15-23(31-39(35,36)24-11-8-22(29)9-12-24)10-13-26(25)38-21(3)7-5-6-14-37-27(19)16-30-4/h8-13,15,19-21,27,30-31,33H,5-7,14,16-18H2,1-4H3/t19-,20-,21-,27-/m0/s1. The Morgan fingerprint density at radius 1 is 1.15 bits per heavy atom. The second kappa shape index (κ2) is 14.1. The van der Waals surface area contributed by atoms with Crippen LogP contribution in [0.3, 0.4) is 0 Å². The Labute approximate surface area is 230 Å². The summed E-state index contributed by atoms with van der Waals surface area (Å²) in [4.78, 5) is 15.5. The summed E-state index contributed by atoms with van der Waals surface area (Å²) in [5.41, 5.74) is 0.335. The molecule has 1 aliphatic heterocycles. The lowest BCUT2D eigenvalue weighted by atomic mass is 10.0. The van der Waals surface area contributed by atoms with Gasteiger partial charge in [-0.1, -0.05) is 6.92 Å². The largest absolute Gasteiger partial charge is 0.490 e. The third-order valence-corrected chi connectivity index (χ3v) is 8.23. The van der Waals surface area contributed by atoms with Gasteiger partial charge in [-0.15, -0.1) is 0 Å². The molecule has 0 radical (unpaired) electrons. The fourth-order valence-corrected chi connectivity index (χ4v) is 5.55. The molecule has 0 bridgehead atoms. The van der Waals surface area contributed by atoms with Gasteiger partial charge in [-0.05, 0) is 82.6 Å². The van der Waals surface area contributed by atoms with E-state index in [4.69, 9.17) is 9.47 Å². The molecule has 0 spiro atoms. The first-order valence-corrected chi connectivity index (χ1v) is 14.8. The highest BCUT2D eigenvalue weighted by Crippen LogP contribution is 2.29. The topological polar surface area (TPSA) is 117 Å². The van der Waals surface area contributed by atoms with Crippen molar-refractivity contribution in [1.29, 1.82) is 0 Å². The number of carbonyl (C=O) groups excluding carboxylic acids is 1. The quantitative estimate of drug-likeness (QED) is 0.469. The predicted molar refractivity (Wildman–Crippen MR) is 148 cm³/mol. The first kappa shape index (κ1) is 30.8. The van der Waals surface area contributed by atoms with Crippen LogP contribution in [-0.4, -0.2) is 75.9 Å². The van der Waals surface area contributed by atoms with Crippen LogP contribution in [0.5, 0.6) is 5.75 Å². The van der Waals surface area contributed by atoms with Gasteiger partial charge < -0.3 is 24.8 Å². The summed E-state index contributed by atoms with van der Waals surface area (Å²) in [6.07, 6.45) is 2.17. The van der Waals surface area contributed by atoms with Gasteiger partial charge in [-0.25, -0.2) is 12.8 Å². The maximum absolute atomic E-state index is 14.0.